The minimum atomic E-state index is 0.335. The lowest BCUT2D eigenvalue weighted by Gasteiger charge is -2.33. The van der Waals surface area contributed by atoms with Gasteiger partial charge in [0.2, 0.25) is 0 Å². The molecule has 3 rings (SSSR count). The molecule has 1 atom stereocenters. The Morgan fingerprint density at radius 3 is 2.70 bits per heavy atom. The summed E-state index contributed by atoms with van der Waals surface area (Å²) in [5.41, 5.74) is 1.13. The highest BCUT2D eigenvalue weighted by molar-refractivity contribution is 5.57. The Hall–Kier alpha value is -1.36. The van der Waals surface area contributed by atoms with E-state index in [1.54, 1.807) is 7.11 Å². The van der Waals surface area contributed by atoms with Crippen molar-refractivity contribution < 1.29 is 9.84 Å². The van der Waals surface area contributed by atoms with Gasteiger partial charge >= 0.3 is 0 Å². The van der Waals surface area contributed by atoms with Gasteiger partial charge in [0.05, 0.1) is 13.7 Å². The number of benzene rings is 1. The molecule has 0 aromatic heterocycles. The highest BCUT2D eigenvalue weighted by Crippen LogP contribution is 2.30. The van der Waals surface area contributed by atoms with Crippen LogP contribution in [0.15, 0.2) is 30.3 Å². The number of rotatable bonds is 9. The van der Waals surface area contributed by atoms with Crippen LogP contribution in [-0.4, -0.2) is 55.9 Å². The molecular formula is C23H36N2O2. The number of ether oxygens (including phenoxy) is 1. The van der Waals surface area contributed by atoms with Crippen molar-refractivity contribution in [2.75, 3.05) is 39.9 Å². The standard InChI is InChI=1S/C23H36N2O2/c1-27-23-9-3-2-6-21(23)7-4-14-24-16-19-10-12-20(13-11-19)17-25-15-5-8-22(25)18-26/h2-4,6-7,9,19-20,22,24,26H,5,8,10-18H2,1H3. The summed E-state index contributed by atoms with van der Waals surface area (Å²) in [7, 11) is 1.72. The Kier molecular flexibility index (Phi) is 8.18. The fraction of sp³-hybridized carbons (Fsp3) is 0.652. The molecule has 1 aliphatic carbocycles. The zero-order valence-corrected chi connectivity index (χ0v) is 16.8. The van der Waals surface area contributed by atoms with Crippen molar-refractivity contribution in [3.63, 3.8) is 0 Å². The van der Waals surface area contributed by atoms with E-state index in [1.165, 1.54) is 51.6 Å². The van der Waals surface area contributed by atoms with Crippen LogP contribution in [0.25, 0.3) is 6.08 Å². The lowest BCUT2D eigenvalue weighted by molar-refractivity contribution is 0.124. The molecular weight excluding hydrogens is 336 g/mol. The monoisotopic (exact) mass is 372 g/mol. The molecule has 150 valence electrons. The maximum absolute atomic E-state index is 9.49. The third-order valence-corrected chi connectivity index (χ3v) is 6.30. The molecule has 4 nitrogen and oxygen atoms in total. The third-order valence-electron chi connectivity index (χ3n) is 6.30. The Morgan fingerprint density at radius 2 is 1.93 bits per heavy atom. The molecule has 2 N–H and O–H groups in total. The Labute approximate surface area is 164 Å². The van der Waals surface area contributed by atoms with E-state index in [0.717, 1.165) is 36.2 Å². The molecule has 0 radical (unpaired) electrons. The van der Waals surface area contributed by atoms with Crippen molar-refractivity contribution in [3.05, 3.63) is 35.9 Å². The third kappa shape index (κ3) is 6.06. The number of nitrogens with zero attached hydrogens (tertiary/aromatic N) is 1. The first-order chi connectivity index (χ1) is 13.3. The molecule has 1 aromatic rings. The SMILES string of the molecule is COc1ccccc1C=CCNCC1CCC(CN2CCCC2CO)CC1. The van der Waals surface area contributed by atoms with Crippen molar-refractivity contribution in [1.29, 1.82) is 0 Å². The predicted octanol–water partition coefficient (Wildman–Crippen LogP) is 3.56. The van der Waals surface area contributed by atoms with Gasteiger partial charge in [-0.25, -0.2) is 0 Å². The summed E-state index contributed by atoms with van der Waals surface area (Å²) in [4.78, 5) is 2.53. The van der Waals surface area contributed by atoms with Gasteiger partial charge in [0.1, 0.15) is 5.75 Å². The Balaban J connectivity index is 1.31. The summed E-state index contributed by atoms with van der Waals surface area (Å²) in [5.74, 6) is 2.57. The van der Waals surface area contributed by atoms with Crippen LogP contribution in [0, 0.1) is 11.8 Å². The van der Waals surface area contributed by atoms with Gasteiger partial charge < -0.3 is 15.2 Å². The van der Waals surface area contributed by atoms with Gasteiger partial charge in [0, 0.05) is 24.7 Å². The molecule has 1 saturated heterocycles. The average molecular weight is 373 g/mol. The lowest BCUT2D eigenvalue weighted by Crippen LogP contribution is -2.37. The van der Waals surface area contributed by atoms with Crippen LogP contribution in [0.5, 0.6) is 5.75 Å². The molecule has 2 aliphatic rings. The topological polar surface area (TPSA) is 44.7 Å². The fourth-order valence-corrected chi connectivity index (χ4v) is 4.65. The summed E-state index contributed by atoms with van der Waals surface area (Å²) in [6.07, 6.45) is 12.1. The quantitative estimate of drug-likeness (QED) is 0.651. The first-order valence-electron chi connectivity index (χ1n) is 10.6. The molecule has 0 bridgehead atoms. The van der Waals surface area contributed by atoms with Crippen molar-refractivity contribution >= 4 is 6.08 Å². The number of para-hydroxylation sites is 1. The molecule has 0 amide bonds. The molecule has 1 aromatic carbocycles. The first kappa shape index (κ1) is 20.4. The van der Waals surface area contributed by atoms with Crippen LogP contribution >= 0.6 is 0 Å². The molecule has 1 saturated carbocycles. The maximum Gasteiger partial charge on any atom is 0.126 e. The number of aliphatic hydroxyl groups is 1. The second kappa shape index (κ2) is 10.8. The van der Waals surface area contributed by atoms with Crippen molar-refractivity contribution in [2.24, 2.45) is 11.8 Å². The summed E-state index contributed by atoms with van der Waals surface area (Å²) in [5, 5.41) is 13.1. The summed E-state index contributed by atoms with van der Waals surface area (Å²) in [6, 6.07) is 8.55. The van der Waals surface area contributed by atoms with Gasteiger partial charge in [0.15, 0.2) is 0 Å². The maximum atomic E-state index is 9.49. The smallest absolute Gasteiger partial charge is 0.126 e. The van der Waals surface area contributed by atoms with E-state index in [-0.39, 0.29) is 0 Å². The lowest BCUT2D eigenvalue weighted by atomic mass is 9.81. The predicted molar refractivity (Wildman–Crippen MR) is 112 cm³/mol. The van der Waals surface area contributed by atoms with Gasteiger partial charge in [-0.05, 0) is 69.5 Å². The van der Waals surface area contributed by atoms with E-state index in [9.17, 15) is 5.11 Å². The number of hydrogen-bond acceptors (Lipinski definition) is 4. The van der Waals surface area contributed by atoms with E-state index >= 15 is 0 Å². The van der Waals surface area contributed by atoms with E-state index < -0.39 is 0 Å². The zero-order chi connectivity index (χ0) is 18.9. The van der Waals surface area contributed by atoms with Crippen molar-refractivity contribution in [2.45, 2.75) is 44.6 Å². The number of hydrogen-bond donors (Lipinski definition) is 2. The minimum Gasteiger partial charge on any atom is -0.496 e. The normalized spacial score (nSPS) is 26.7. The van der Waals surface area contributed by atoms with Crippen molar-refractivity contribution in [3.8, 4) is 5.75 Å². The molecule has 1 heterocycles. The van der Waals surface area contributed by atoms with Gasteiger partial charge in [-0.2, -0.15) is 0 Å². The molecule has 27 heavy (non-hydrogen) atoms. The number of likely N-dealkylation sites (tertiary alicyclic amines) is 1. The summed E-state index contributed by atoms with van der Waals surface area (Å²) >= 11 is 0. The Morgan fingerprint density at radius 1 is 1.15 bits per heavy atom. The average Bonchev–Trinajstić information content (AvgIpc) is 3.16. The summed E-state index contributed by atoms with van der Waals surface area (Å²) < 4.78 is 5.38. The number of aliphatic hydroxyl groups excluding tert-OH is 1. The molecule has 1 unspecified atom stereocenters. The fourth-order valence-electron chi connectivity index (χ4n) is 4.65. The van der Waals surface area contributed by atoms with E-state index in [0.29, 0.717) is 12.6 Å². The van der Waals surface area contributed by atoms with Gasteiger partial charge in [0.25, 0.3) is 0 Å². The first-order valence-corrected chi connectivity index (χ1v) is 10.6. The molecule has 2 fully saturated rings. The largest absolute Gasteiger partial charge is 0.496 e. The molecule has 1 aliphatic heterocycles. The number of nitrogens with one attached hydrogen (secondary N) is 1. The van der Waals surface area contributed by atoms with Crippen LogP contribution in [0.3, 0.4) is 0 Å². The Bertz CT molecular complexity index is 581. The van der Waals surface area contributed by atoms with Gasteiger partial charge in [-0.15, -0.1) is 0 Å². The minimum absolute atomic E-state index is 0.335. The van der Waals surface area contributed by atoms with Crippen LogP contribution in [0.4, 0.5) is 0 Å². The van der Waals surface area contributed by atoms with Gasteiger partial charge in [-0.3, -0.25) is 4.90 Å². The highest BCUT2D eigenvalue weighted by atomic mass is 16.5. The van der Waals surface area contributed by atoms with Crippen molar-refractivity contribution in [1.82, 2.24) is 10.2 Å². The van der Waals surface area contributed by atoms with Crippen LogP contribution in [0.2, 0.25) is 0 Å². The van der Waals surface area contributed by atoms with Gasteiger partial charge in [-0.1, -0.05) is 30.4 Å². The highest BCUT2D eigenvalue weighted by Gasteiger charge is 2.28. The molecule has 4 heteroatoms. The second-order valence-electron chi connectivity index (χ2n) is 8.16. The van der Waals surface area contributed by atoms with E-state index in [4.69, 9.17) is 4.74 Å². The van der Waals surface area contributed by atoms with Crippen LogP contribution < -0.4 is 10.1 Å². The van der Waals surface area contributed by atoms with Crippen LogP contribution in [0.1, 0.15) is 44.1 Å². The molecule has 0 spiro atoms. The number of methoxy groups -OCH3 is 1. The zero-order valence-electron chi connectivity index (χ0n) is 16.8. The van der Waals surface area contributed by atoms with E-state index in [1.807, 2.05) is 18.2 Å². The van der Waals surface area contributed by atoms with Crippen LogP contribution in [-0.2, 0) is 0 Å². The van der Waals surface area contributed by atoms with E-state index in [2.05, 4.69) is 28.4 Å². The summed E-state index contributed by atoms with van der Waals surface area (Å²) in [6.45, 7) is 4.75. The second-order valence-corrected chi connectivity index (χ2v) is 8.16.